The van der Waals surface area contributed by atoms with Crippen molar-refractivity contribution >= 4 is 43.5 Å². The van der Waals surface area contributed by atoms with Crippen LogP contribution in [0.3, 0.4) is 0 Å². The second-order valence-electron chi connectivity index (χ2n) is 5.10. The zero-order valence-electron chi connectivity index (χ0n) is 11.4. The number of carbonyl (C=O) groups is 1. The Morgan fingerprint density at radius 3 is 2.50 bits per heavy atom. The summed E-state index contributed by atoms with van der Waals surface area (Å²) >= 11 is 6.67. The molecule has 1 aliphatic rings. The molecule has 20 heavy (non-hydrogen) atoms. The van der Waals surface area contributed by atoms with E-state index in [1.807, 2.05) is 13.8 Å². The molecule has 4 nitrogen and oxygen atoms in total. The Morgan fingerprint density at radius 2 is 1.90 bits per heavy atom. The predicted molar refractivity (Wildman–Crippen MR) is 84.7 cm³/mol. The van der Waals surface area contributed by atoms with Crippen LogP contribution in [0.4, 0.5) is 5.69 Å². The number of benzene rings is 1. The van der Waals surface area contributed by atoms with E-state index < -0.39 is 5.97 Å². The number of ether oxygens (including phenoxy) is 2. The smallest absolute Gasteiger partial charge is 0.340 e. The summed E-state index contributed by atoms with van der Waals surface area (Å²) in [5.41, 5.74) is 6.69. The lowest BCUT2D eigenvalue weighted by atomic mass is 10.0. The van der Waals surface area contributed by atoms with Crippen molar-refractivity contribution in [2.75, 3.05) is 5.73 Å². The standard InChI is InChI=1S/C14H17Br2NO3/c1-7-3-10(4-8(2)19-7)20-14(18)11-5-9(15)6-12(16)13(11)17/h5-8,10H,3-4,17H2,1-2H3. The zero-order chi connectivity index (χ0) is 14.9. The summed E-state index contributed by atoms with van der Waals surface area (Å²) in [6.07, 6.45) is 1.50. The molecule has 2 atom stereocenters. The van der Waals surface area contributed by atoms with Crippen LogP contribution in [0.1, 0.15) is 37.0 Å². The highest BCUT2D eigenvalue weighted by molar-refractivity contribution is 9.11. The van der Waals surface area contributed by atoms with E-state index in [2.05, 4.69) is 31.9 Å². The first-order valence-electron chi connectivity index (χ1n) is 6.47. The largest absolute Gasteiger partial charge is 0.459 e. The fraction of sp³-hybridized carbons (Fsp3) is 0.500. The van der Waals surface area contributed by atoms with Gasteiger partial charge in [0.1, 0.15) is 6.10 Å². The molecule has 1 saturated heterocycles. The minimum atomic E-state index is -0.393. The molecule has 6 heteroatoms. The van der Waals surface area contributed by atoms with Gasteiger partial charge in [0.25, 0.3) is 0 Å². The number of hydrogen-bond acceptors (Lipinski definition) is 4. The molecule has 1 heterocycles. The molecular weight excluding hydrogens is 390 g/mol. The molecule has 0 aliphatic carbocycles. The second-order valence-corrected chi connectivity index (χ2v) is 6.87. The van der Waals surface area contributed by atoms with Gasteiger partial charge in [-0.25, -0.2) is 4.79 Å². The van der Waals surface area contributed by atoms with Crippen LogP contribution in [-0.2, 0) is 9.47 Å². The number of halogens is 2. The molecule has 0 radical (unpaired) electrons. The molecule has 0 saturated carbocycles. The van der Waals surface area contributed by atoms with Crippen molar-refractivity contribution in [2.45, 2.75) is 45.0 Å². The first-order valence-corrected chi connectivity index (χ1v) is 8.06. The van der Waals surface area contributed by atoms with E-state index in [0.717, 1.165) is 4.47 Å². The molecule has 2 rings (SSSR count). The van der Waals surface area contributed by atoms with Crippen molar-refractivity contribution < 1.29 is 14.3 Å². The highest BCUT2D eigenvalue weighted by Gasteiger charge is 2.28. The topological polar surface area (TPSA) is 61.5 Å². The molecule has 0 aromatic heterocycles. The van der Waals surface area contributed by atoms with Gasteiger partial charge in [0.2, 0.25) is 0 Å². The third-order valence-electron chi connectivity index (χ3n) is 3.24. The Kier molecular flexibility index (Phi) is 5.09. The summed E-state index contributed by atoms with van der Waals surface area (Å²) < 4.78 is 12.7. The van der Waals surface area contributed by atoms with Crippen LogP contribution in [0, 0.1) is 0 Å². The molecular formula is C14H17Br2NO3. The number of carbonyl (C=O) groups excluding carboxylic acids is 1. The second kappa shape index (κ2) is 6.45. The predicted octanol–water partition coefficient (Wildman–Crippen LogP) is 3.91. The van der Waals surface area contributed by atoms with Crippen LogP contribution in [0.5, 0.6) is 0 Å². The number of anilines is 1. The minimum absolute atomic E-state index is 0.100. The molecule has 1 aromatic rings. The van der Waals surface area contributed by atoms with Gasteiger partial charge in [0, 0.05) is 21.8 Å². The summed E-state index contributed by atoms with van der Waals surface area (Å²) in [6.45, 7) is 3.97. The Bertz CT molecular complexity index is 511. The van der Waals surface area contributed by atoms with Crippen molar-refractivity contribution in [2.24, 2.45) is 0 Å². The van der Waals surface area contributed by atoms with Gasteiger partial charge in [-0.15, -0.1) is 0 Å². The Hall–Kier alpha value is -0.590. The fourth-order valence-corrected chi connectivity index (χ4v) is 3.63. The fourth-order valence-electron chi connectivity index (χ4n) is 2.41. The van der Waals surface area contributed by atoms with Gasteiger partial charge >= 0.3 is 5.97 Å². The molecule has 1 fully saturated rings. The normalized spacial score (nSPS) is 26.3. The van der Waals surface area contributed by atoms with Gasteiger partial charge in [-0.2, -0.15) is 0 Å². The maximum Gasteiger partial charge on any atom is 0.340 e. The van der Waals surface area contributed by atoms with Crippen LogP contribution < -0.4 is 5.73 Å². The maximum atomic E-state index is 12.3. The zero-order valence-corrected chi connectivity index (χ0v) is 14.5. The first-order chi connectivity index (χ1) is 9.36. The summed E-state index contributed by atoms with van der Waals surface area (Å²) in [5.74, 6) is -0.393. The summed E-state index contributed by atoms with van der Waals surface area (Å²) in [5, 5.41) is 0. The quantitative estimate of drug-likeness (QED) is 0.597. The Morgan fingerprint density at radius 1 is 1.30 bits per heavy atom. The molecule has 0 amide bonds. The highest BCUT2D eigenvalue weighted by Crippen LogP contribution is 2.30. The van der Waals surface area contributed by atoms with Crippen molar-refractivity contribution in [1.29, 1.82) is 0 Å². The van der Waals surface area contributed by atoms with E-state index in [0.29, 0.717) is 28.6 Å². The van der Waals surface area contributed by atoms with Gasteiger partial charge in [-0.1, -0.05) is 15.9 Å². The van der Waals surface area contributed by atoms with E-state index >= 15 is 0 Å². The maximum absolute atomic E-state index is 12.3. The lowest BCUT2D eigenvalue weighted by Crippen LogP contribution is -2.35. The van der Waals surface area contributed by atoms with Gasteiger partial charge in [0.05, 0.1) is 23.5 Å². The van der Waals surface area contributed by atoms with Crippen LogP contribution in [0.2, 0.25) is 0 Å². The SMILES string of the molecule is CC1CC(OC(=O)c2cc(Br)cc(Br)c2N)CC(C)O1. The third-order valence-corrected chi connectivity index (χ3v) is 4.36. The minimum Gasteiger partial charge on any atom is -0.459 e. The van der Waals surface area contributed by atoms with Gasteiger partial charge in [-0.05, 0) is 41.9 Å². The van der Waals surface area contributed by atoms with Crippen molar-refractivity contribution in [3.05, 3.63) is 26.6 Å². The average molecular weight is 407 g/mol. The molecule has 1 aromatic carbocycles. The molecule has 0 bridgehead atoms. The van der Waals surface area contributed by atoms with E-state index in [1.165, 1.54) is 0 Å². The van der Waals surface area contributed by atoms with Crippen LogP contribution in [0.15, 0.2) is 21.1 Å². The van der Waals surface area contributed by atoms with E-state index in [1.54, 1.807) is 12.1 Å². The van der Waals surface area contributed by atoms with E-state index in [-0.39, 0.29) is 18.3 Å². The number of hydrogen-bond donors (Lipinski definition) is 1. The van der Waals surface area contributed by atoms with E-state index in [4.69, 9.17) is 15.2 Å². The monoisotopic (exact) mass is 405 g/mol. The average Bonchev–Trinajstić information content (AvgIpc) is 2.32. The van der Waals surface area contributed by atoms with Crippen LogP contribution in [0.25, 0.3) is 0 Å². The molecule has 110 valence electrons. The van der Waals surface area contributed by atoms with Crippen LogP contribution >= 0.6 is 31.9 Å². The van der Waals surface area contributed by atoms with Crippen LogP contribution in [-0.4, -0.2) is 24.3 Å². The number of esters is 1. The Balaban J connectivity index is 2.12. The molecule has 0 spiro atoms. The summed E-state index contributed by atoms with van der Waals surface area (Å²) in [6, 6.07) is 3.47. The van der Waals surface area contributed by atoms with E-state index in [9.17, 15) is 4.79 Å². The molecule has 2 unspecified atom stereocenters. The third kappa shape index (κ3) is 3.74. The first kappa shape index (κ1) is 15.8. The van der Waals surface area contributed by atoms with Crippen molar-refractivity contribution in [3.8, 4) is 0 Å². The summed E-state index contributed by atoms with van der Waals surface area (Å²) in [4.78, 5) is 12.3. The highest BCUT2D eigenvalue weighted by atomic mass is 79.9. The number of rotatable bonds is 2. The summed E-state index contributed by atoms with van der Waals surface area (Å²) in [7, 11) is 0. The Labute approximate surface area is 135 Å². The molecule has 1 aliphatic heterocycles. The number of nitrogen functional groups attached to an aromatic ring is 1. The van der Waals surface area contributed by atoms with Crippen molar-refractivity contribution in [3.63, 3.8) is 0 Å². The molecule has 2 N–H and O–H groups in total. The number of nitrogens with two attached hydrogens (primary N) is 1. The lowest BCUT2D eigenvalue weighted by molar-refractivity contribution is -0.0855. The van der Waals surface area contributed by atoms with Gasteiger partial charge < -0.3 is 15.2 Å². The lowest BCUT2D eigenvalue weighted by Gasteiger charge is -2.31. The van der Waals surface area contributed by atoms with Gasteiger partial charge in [-0.3, -0.25) is 0 Å². The van der Waals surface area contributed by atoms with Gasteiger partial charge in [0.15, 0.2) is 0 Å². The van der Waals surface area contributed by atoms with Crippen molar-refractivity contribution in [1.82, 2.24) is 0 Å².